The summed E-state index contributed by atoms with van der Waals surface area (Å²) in [5, 5.41) is 3.35. The van der Waals surface area contributed by atoms with E-state index in [1.807, 2.05) is 13.8 Å². The van der Waals surface area contributed by atoms with Gasteiger partial charge in [-0.1, -0.05) is 6.92 Å². The van der Waals surface area contributed by atoms with Gasteiger partial charge >= 0.3 is 5.97 Å². The Hall–Kier alpha value is 0.870. The zero-order valence-corrected chi connectivity index (χ0v) is 15.0. The van der Waals surface area contributed by atoms with Gasteiger partial charge in [-0.25, -0.2) is 4.79 Å². The molecule has 1 rings (SSSR count). The van der Waals surface area contributed by atoms with Crippen LogP contribution in [0.15, 0.2) is 0 Å². The standard InChI is InChI=1S/C11H18Br3NO2/c1-7-6-15-5-4-8(7)10(2,3)17-9(16)11(12,13)14/h7-8,15H,4-6H2,1-3H3. The average Bonchev–Trinajstić information content (AvgIpc) is 2.15. The van der Waals surface area contributed by atoms with Crippen LogP contribution < -0.4 is 5.32 Å². The van der Waals surface area contributed by atoms with Crippen LogP contribution in [0, 0.1) is 11.8 Å². The molecule has 0 amide bonds. The van der Waals surface area contributed by atoms with E-state index in [4.69, 9.17) is 4.74 Å². The Morgan fingerprint density at radius 1 is 1.35 bits per heavy atom. The molecule has 3 nitrogen and oxygen atoms in total. The predicted molar refractivity (Wildman–Crippen MR) is 79.8 cm³/mol. The molecular formula is C11H18Br3NO2. The molecule has 2 atom stereocenters. The molecule has 1 N–H and O–H groups in total. The minimum Gasteiger partial charge on any atom is -0.457 e. The summed E-state index contributed by atoms with van der Waals surface area (Å²) in [6.07, 6.45) is 1.03. The average molecular weight is 436 g/mol. The molecule has 1 aliphatic rings. The summed E-state index contributed by atoms with van der Waals surface area (Å²) in [6, 6.07) is 0. The van der Waals surface area contributed by atoms with Gasteiger partial charge in [0.1, 0.15) is 5.60 Å². The third kappa shape index (κ3) is 4.48. The number of piperidine rings is 1. The molecule has 0 aromatic rings. The highest BCUT2D eigenvalue weighted by atomic mass is 80.0. The van der Waals surface area contributed by atoms with E-state index in [-0.39, 0.29) is 5.97 Å². The molecule has 0 saturated carbocycles. The van der Waals surface area contributed by atoms with Crippen LogP contribution in [0.1, 0.15) is 27.2 Å². The maximum absolute atomic E-state index is 11.9. The van der Waals surface area contributed by atoms with Crippen molar-refractivity contribution in [1.29, 1.82) is 0 Å². The number of carbonyl (C=O) groups excluding carboxylic acids is 1. The van der Waals surface area contributed by atoms with Crippen molar-refractivity contribution in [2.24, 2.45) is 11.8 Å². The fraction of sp³-hybridized carbons (Fsp3) is 0.909. The van der Waals surface area contributed by atoms with Gasteiger partial charge in [-0.2, -0.15) is 0 Å². The van der Waals surface area contributed by atoms with Gasteiger partial charge in [0.2, 0.25) is 2.14 Å². The topological polar surface area (TPSA) is 38.3 Å². The number of hydrogen-bond acceptors (Lipinski definition) is 3. The normalized spacial score (nSPS) is 26.7. The lowest BCUT2D eigenvalue weighted by molar-refractivity contribution is -0.162. The van der Waals surface area contributed by atoms with E-state index in [1.165, 1.54) is 0 Å². The minimum atomic E-state index is -0.986. The van der Waals surface area contributed by atoms with Crippen molar-refractivity contribution < 1.29 is 9.53 Å². The smallest absolute Gasteiger partial charge is 0.345 e. The summed E-state index contributed by atoms with van der Waals surface area (Å²) in [7, 11) is 0. The van der Waals surface area contributed by atoms with Gasteiger partial charge in [0.15, 0.2) is 0 Å². The number of nitrogens with one attached hydrogen (secondary N) is 1. The number of hydrogen-bond donors (Lipinski definition) is 1. The number of rotatable bonds is 2. The van der Waals surface area contributed by atoms with E-state index in [2.05, 4.69) is 60.0 Å². The molecule has 1 aliphatic heterocycles. The zero-order valence-electron chi connectivity index (χ0n) is 10.2. The van der Waals surface area contributed by atoms with Crippen LogP contribution in [0.5, 0.6) is 0 Å². The zero-order chi connectivity index (χ0) is 13.3. The van der Waals surface area contributed by atoms with E-state index < -0.39 is 7.74 Å². The first-order chi connectivity index (χ1) is 7.64. The second kappa shape index (κ2) is 5.88. The van der Waals surface area contributed by atoms with Gasteiger partial charge in [-0.05, 0) is 87.1 Å². The van der Waals surface area contributed by atoms with Gasteiger partial charge in [-0.15, -0.1) is 0 Å². The molecule has 6 heteroatoms. The molecule has 1 saturated heterocycles. The summed E-state index contributed by atoms with van der Waals surface area (Å²) >= 11 is 9.55. The fourth-order valence-electron chi connectivity index (χ4n) is 2.42. The van der Waals surface area contributed by atoms with Crippen molar-refractivity contribution in [3.8, 4) is 0 Å². The van der Waals surface area contributed by atoms with E-state index in [1.54, 1.807) is 0 Å². The number of carbonyl (C=O) groups is 1. The van der Waals surface area contributed by atoms with Crippen LogP contribution in [-0.2, 0) is 9.53 Å². The van der Waals surface area contributed by atoms with Crippen molar-refractivity contribution in [2.45, 2.75) is 34.9 Å². The Bertz CT molecular complexity index is 289. The Labute approximate surface area is 128 Å². The van der Waals surface area contributed by atoms with Crippen molar-refractivity contribution in [3.05, 3.63) is 0 Å². The summed E-state index contributed by atoms with van der Waals surface area (Å²) in [6.45, 7) is 8.12. The fourth-order valence-corrected chi connectivity index (χ4v) is 2.66. The highest BCUT2D eigenvalue weighted by Crippen LogP contribution is 2.39. The van der Waals surface area contributed by atoms with Crippen molar-refractivity contribution in [2.75, 3.05) is 13.1 Å². The van der Waals surface area contributed by atoms with Crippen LogP contribution in [0.25, 0.3) is 0 Å². The molecule has 0 spiro atoms. The van der Waals surface area contributed by atoms with Crippen LogP contribution in [0.3, 0.4) is 0 Å². The number of halogens is 3. The van der Waals surface area contributed by atoms with Crippen molar-refractivity contribution in [1.82, 2.24) is 5.32 Å². The summed E-state index contributed by atoms with van der Waals surface area (Å²) < 4.78 is 4.62. The van der Waals surface area contributed by atoms with Gasteiger partial charge in [-0.3, -0.25) is 0 Å². The lowest BCUT2D eigenvalue weighted by atomic mass is 9.77. The Kier molecular flexibility index (Phi) is 5.51. The molecule has 17 heavy (non-hydrogen) atoms. The molecule has 2 unspecified atom stereocenters. The number of ether oxygens (including phenoxy) is 1. The van der Waals surface area contributed by atoms with Crippen LogP contribution in [-0.4, -0.2) is 26.8 Å². The SMILES string of the molecule is CC1CNCCC1C(C)(C)OC(=O)C(Br)(Br)Br. The van der Waals surface area contributed by atoms with E-state index in [9.17, 15) is 4.79 Å². The number of esters is 1. The molecule has 0 radical (unpaired) electrons. The molecule has 0 aromatic heterocycles. The van der Waals surface area contributed by atoms with Gasteiger partial charge in [0.05, 0.1) is 0 Å². The first-order valence-corrected chi connectivity index (χ1v) is 8.03. The summed E-state index contributed by atoms with van der Waals surface area (Å²) in [4.78, 5) is 11.9. The second-order valence-corrected chi connectivity index (χ2v) is 11.8. The molecule has 0 aromatic carbocycles. The molecule has 1 heterocycles. The predicted octanol–water partition coefficient (Wildman–Crippen LogP) is 3.39. The number of alkyl halides is 3. The third-order valence-corrected chi connectivity index (χ3v) is 4.24. The van der Waals surface area contributed by atoms with Crippen LogP contribution in [0.2, 0.25) is 0 Å². The molecule has 0 aliphatic carbocycles. The second-order valence-electron chi connectivity index (χ2n) is 5.07. The van der Waals surface area contributed by atoms with E-state index in [0.29, 0.717) is 11.8 Å². The van der Waals surface area contributed by atoms with Crippen LogP contribution >= 0.6 is 47.8 Å². The molecule has 0 bridgehead atoms. The monoisotopic (exact) mass is 433 g/mol. The van der Waals surface area contributed by atoms with Crippen LogP contribution in [0.4, 0.5) is 0 Å². The van der Waals surface area contributed by atoms with Gasteiger partial charge < -0.3 is 10.1 Å². The maximum Gasteiger partial charge on any atom is 0.345 e. The highest BCUT2D eigenvalue weighted by Gasteiger charge is 2.42. The lowest BCUT2D eigenvalue weighted by Crippen LogP contribution is -2.48. The lowest BCUT2D eigenvalue weighted by Gasteiger charge is -2.41. The van der Waals surface area contributed by atoms with Crippen molar-refractivity contribution >= 4 is 53.8 Å². The quantitative estimate of drug-likeness (QED) is 0.533. The molecular weight excluding hydrogens is 418 g/mol. The highest BCUT2D eigenvalue weighted by molar-refractivity contribution is 9.40. The Balaban J connectivity index is 2.70. The summed E-state index contributed by atoms with van der Waals surface area (Å²) in [5.41, 5.74) is -0.459. The minimum absolute atomic E-state index is 0.353. The first kappa shape index (κ1) is 15.9. The van der Waals surface area contributed by atoms with E-state index in [0.717, 1.165) is 19.5 Å². The first-order valence-electron chi connectivity index (χ1n) is 5.65. The third-order valence-electron chi connectivity index (χ3n) is 3.27. The molecule has 1 fully saturated rings. The van der Waals surface area contributed by atoms with E-state index >= 15 is 0 Å². The summed E-state index contributed by atoms with van der Waals surface area (Å²) in [5.74, 6) is 0.526. The largest absolute Gasteiger partial charge is 0.457 e. The Morgan fingerprint density at radius 2 is 1.94 bits per heavy atom. The molecule has 100 valence electrons. The Morgan fingerprint density at radius 3 is 2.41 bits per heavy atom. The van der Waals surface area contributed by atoms with Gasteiger partial charge in [0, 0.05) is 5.92 Å². The van der Waals surface area contributed by atoms with Crippen molar-refractivity contribution in [3.63, 3.8) is 0 Å². The maximum atomic E-state index is 11.9. The van der Waals surface area contributed by atoms with Gasteiger partial charge in [0.25, 0.3) is 0 Å².